The van der Waals surface area contributed by atoms with Crippen LogP contribution < -0.4 is 10.9 Å². The first-order chi connectivity index (χ1) is 14.8. The Labute approximate surface area is 187 Å². The highest BCUT2D eigenvalue weighted by atomic mass is 79.9. The second-order valence-electron chi connectivity index (χ2n) is 8.22. The predicted octanol–water partition coefficient (Wildman–Crippen LogP) is 1.17. The van der Waals surface area contributed by atoms with Crippen molar-refractivity contribution in [2.75, 3.05) is 6.61 Å². The molecule has 0 spiro atoms. The Balaban J connectivity index is 1.26. The predicted molar refractivity (Wildman–Crippen MR) is 110 cm³/mol. The molecule has 4 rings (SSSR count). The summed E-state index contributed by atoms with van der Waals surface area (Å²) < 4.78 is 5.77. The van der Waals surface area contributed by atoms with Crippen LogP contribution in [0.4, 0.5) is 0 Å². The first-order valence-electron chi connectivity index (χ1n) is 10.2. The fourth-order valence-electron chi connectivity index (χ4n) is 5.01. The van der Waals surface area contributed by atoms with Crippen molar-refractivity contribution in [2.24, 2.45) is 23.7 Å². The van der Waals surface area contributed by atoms with Gasteiger partial charge in [-0.2, -0.15) is 0 Å². The quantitative estimate of drug-likeness (QED) is 0.362. The number of hydrogen-bond donors (Lipinski definition) is 2. The highest BCUT2D eigenvalue weighted by Crippen LogP contribution is 2.56. The average Bonchev–Trinajstić information content (AvgIpc) is 3.44. The topological polar surface area (TPSA) is 122 Å². The normalized spacial score (nSPS) is 27.1. The molecule has 9 nitrogen and oxygen atoms in total. The summed E-state index contributed by atoms with van der Waals surface area (Å²) in [4.78, 5) is 62.8. The molecule has 2 saturated carbocycles. The molecule has 0 unspecified atom stereocenters. The number of rotatable bonds is 5. The zero-order valence-corrected chi connectivity index (χ0v) is 18.4. The second-order valence-corrected chi connectivity index (χ2v) is 9.14. The summed E-state index contributed by atoms with van der Waals surface area (Å²) >= 11 is 3.26. The van der Waals surface area contributed by atoms with Gasteiger partial charge in [0.25, 0.3) is 11.8 Å². The maximum absolute atomic E-state index is 12.8. The van der Waals surface area contributed by atoms with Crippen molar-refractivity contribution in [3.05, 3.63) is 34.3 Å². The first kappa shape index (κ1) is 21.5. The highest BCUT2D eigenvalue weighted by molar-refractivity contribution is 9.10. The SMILES string of the molecule is C[C@H](C(=O)OCC(=O)NNC(=O)c1ccc(Br)cc1)N1C(=O)[C@@H]2[C@H]3CC[C@@H](C3)[C@H]2C1=O. The maximum atomic E-state index is 12.8. The van der Waals surface area contributed by atoms with E-state index in [2.05, 4.69) is 26.8 Å². The molecule has 1 heterocycles. The molecule has 1 aromatic rings. The van der Waals surface area contributed by atoms with Gasteiger partial charge in [0.2, 0.25) is 11.8 Å². The van der Waals surface area contributed by atoms with Gasteiger partial charge in [-0.25, -0.2) is 4.79 Å². The van der Waals surface area contributed by atoms with E-state index < -0.39 is 30.4 Å². The third kappa shape index (κ3) is 3.96. The summed E-state index contributed by atoms with van der Waals surface area (Å²) in [6.07, 6.45) is 2.80. The van der Waals surface area contributed by atoms with Gasteiger partial charge in [0.05, 0.1) is 11.8 Å². The molecule has 5 atom stereocenters. The van der Waals surface area contributed by atoms with Crippen LogP contribution >= 0.6 is 15.9 Å². The fourth-order valence-corrected chi connectivity index (χ4v) is 5.28. The van der Waals surface area contributed by atoms with Gasteiger partial charge in [-0.3, -0.25) is 34.9 Å². The summed E-state index contributed by atoms with van der Waals surface area (Å²) in [6.45, 7) is 0.770. The molecule has 0 aromatic heterocycles. The number of carbonyl (C=O) groups excluding carboxylic acids is 5. The minimum Gasteiger partial charge on any atom is -0.454 e. The van der Waals surface area contributed by atoms with Gasteiger partial charge in [0.1, 0.15) is 6.04 Å². The van der Waals surface area contributed by atoms with Crippen LogP contribution in [0, 0.1) is 23.7 Å². The number of hydrogen-bond acceptors (Lipinski definition) is 6. The molecule has 0 radical (unpaired) electrons. The van der Waals surface area contributed by atoms with Crippen molar-refractivity contribution in [2.45, 2.75) is 32.2 Å². The van der Waals surface area contributed by atoms with E-state index in [9.17, 15) is 24.0 Å². The second kappa shape index (κ2) is 8.41. The average molecular weight is 492 g/mol. The Bertz CT molecular complexity index is 921. The van der Waals surface area contributed by atoms with Crippen molar-refractivity contribution in [1.82, 2.24) is 15.8 Å². The monoisotopic (exact) mass is 491 g/mol. The number of ether oxygens (including phenoxy) is 1. The molecule has 31 heavy (non-hydrogen) atoms. The van der Waals surface area contributed by atoms with Crippen molar-refractivity contribution in [1.29, 1.82) is 0 Å². The van der Waals surface area contributed by atoms with Crippen LogP contribution in [-0.4, -0.2) is 47.1 Å². The Morgan fingerprint density at radius 3 is 2.23 bits per heavy atom. The van der Waals surface area contributed by atoms with Crippen LogP contribution in [0.1, 0.15) is 36.5 Å². The number of nitrogens with one attached hydrogen (secondary N) is 2. The van der Waals surface area contributed by atoms with E-state index in [0.29, 0.717) is 5.56 Å². The summed E-state index contributed by atoms with van der Waals surface area (Å²) in [5.74, 6) is -2.94. The number of hydrazine groups is 1. The summed E-state index contributed by atoms with van der Waals surface area (Å²) in [7, 11) is 0. The fraction of sp³-hybridized carbons (Fsp3) is 0.476. The lowest BCUT2D eigenvalue weighted by atomic mass is 9.81. The van der Waals surface area contributed by atoms with Crippen molar-refractivity contribution < 1.29 is 28.7 Å². The van der Waals surface area contributed by atoms with E-state index in [1.54, 1.807) is 24.3 Å². The number of likely N-dealkylation sites (tertiary alicyclic amines) is 1. The molecule has 2 aliphatic carbocycles. The standard InChI is InChI=1S/C21H22BrN3O6/c1-10(25-19(28)16-12-2-3-13(8-12)17(16)20(25)29)21(30)31-9-15(26)23-24-18(27)11-4-6-14(22)7-5-11/h4-7,10,12-13,16-17H,2-3,8-9H2,1H3,(H,23,26)(H,24,27)/t10-,12+,13+,16-,17-/m1/s1. The summed E-state index contributed by atoms with van der Waals surface area (Å²) in [5.41, 5.74) is 4.71. The number of halogens is 1. The van der Waals surface area contributed by atoms with Crippen LogP contribution in [0.5, 0.6) is 0 Å². The lowest BCUT2D eigenvalue weighted by Crippen LogP contribution is -2.47. The van der Waals surface area contributed by atoms with E-state index in [-0.39, 0.29) is 35.5 Å². The van der Waals surface area contributed by atoms with Crippen LogP contribution in [0.2, 0.25) is 0 Å². The molecule has 10 heteroatoms. The van der Waals surface area contributed by atoms with E-state index in [0.717, 1.165) is 28.6 Å². The van der Waals surface area contributed by atoms with Gasteiger partial charge in [-0.15, -0.1) is 0 Å². The minimum absolute atomic E-state index is 0.222. The highest BCUT2D eigenvalue weighted by Gasteiger charge is 2.62. The minimum atomic E-state index is -1.10. The largest absolute Gasteiger partial charge is 0.454 e. The molecule has 1 saturated heterocycles. The van der Waals surface area contributed by atoms with E-state index >= 15 is 0 Å². The Morgan fingerprint density at radius 2 is 1.65 bits per heavy atom. The van der Waals surface area contributed by atoms with Gasteiger partial charge in [-0.05, 0) is 62.3 Å². The van der Waals surface area contributed by atoms with E-state index in [1.165, 1.54) is 6.92 Å². The number of imide groups is 1. The maximum Gasteiger partial charge on any atom is 0.329 e. The summed E-state index contributed by atoms with van der Waals surface area (Å²) in [5, 5.41) is 0. The summed E-state index contributed by atoms with van der Waals surface area (Å²) in [6, 6.07) is 5.40. The molecule has 2 N–H and O–H groups in total. The molecule has 164 valence electrons. The lowest BCUT2D eigenvalue weighted by Gasteiger charge is -2.23. The zero-order chi connectivity index (χ0) is 22.3. The Morgan fingerprint density at radius 1 is 1.06 bits per heavy atom. The van der Waals surface area contributed by atoms with Crippen LogP contribution in [-0.2, 0) is 23.9 Å². The molecular weight excluding hydrogens is 470 g/mol. The molecule has 1 aliphatic heterocycles. The van der Waals surface area contributed by atoms with Crippen LogP contribution in [0.25, 0.3) is 0 Å². The van der Waals surface area contributed by atoms with E-state index in [4.69, 9.17) is 4.74 Å². The number of nitrogens with zero attached hydrogens (tertiary/aromatic N) is 1. The molecule has 3 fully saturated rings. The van der Waals surface area contributed by atoms with Gasteiger partial charge in [-0.1, -0.05) is 15.9 Å². The smallest absolute Gasteiger partial charge is 0.329 e. The molecule has 1 aromatic carbocycles. The number of fused-ring (bicyclic) bond motifs is 5. The Hall–Kier alpha value is -2.75. The van der Waals surface area contributed by atoms with Crippen molar-refractivity contribution >= 4 is 45.5 Å². The zero-order valence-electron chi connectivity index (χ0n) is 16.8. The molecular formula is C21H22BrN3O6. The molecule has 4 amide bonds. The number of benzene rings is 1. The van der Waals surface area contributed by atoms with Crippen LogP contribution in [0.3, 0.4) is 0 Å². The third-order valence-corrected chi connectivity index (χ3v) is 6.99. The number of esters is 1. The van der Waals surface area contributed by atoms with Gasteiger partial charge in [0.15, 0.2) is 6.61 Å². The first-order valence-corrected chi connectivity index (χ1v) is 11.0. The van der Waals surface area contributed by atoms with Gasteiger partial charge in [0, 0.05) is 10.0 Å². The number of carbonyl (C=O) groups is 5. The van der Waals surface area contributed by atoms with E-state index in [1.807, 2.05) is 0 Å². The van der Waals surface area contributed by atoms with Crippen molar-refractivity contribution in [3.63, 3.8) is 0 Å². The van der Waals surface area contributed by atoms with Gasteiger partial charge >= 0.3 is 5.97 Å². The Kier molecular flexibility index (Phi) is 5.83. The lowest BCUT2D eigenvalue weighted by molar-refractivity contribution is -0.160. The molecule has 2 bridgehead atoms. The van der Waals surface area contributed by atoms with Gasteiger partial charge < -0.3 is 4.74 Å². The number of amides is 4. The third-order valence-electron chi connectivity index (χ3n) is 6.46. The van der Waals surface area contributed by atoms with Crippen LogP contribution in [0.15, 0.2) is 28.7 Å². The molecule has 3 aliphatic rings. The van der Waals surface area contributed by atoms with Crippen molar-refractivity contribution in [3.8, 4) is 0 Å².